The minimum Gasteiger partial charge on any atom is -0.496 e. The van der Waals surface area contributed by atoms with Crippen molar-refractivity contribution in [1.29, 1.82) is 0 Å². The van der Waals surface area contributed by atoms with Crippen LogP contribution in [-0.4, -0.2) is 69.3 Å². The highest BCUT2D eigenvalue weighted by Gasteiger charge is 2.31. The molecule has 0 bridgehead atoms. The lowest BCUT2D eigenvalue weighted by Gasteiger charge is -2.36. The molecule has 9 heteroatoms. The van der Waals surface area contributed by atoms with Crippen LogP contribution >= 0.6 is 0 Å². The number of carbonyl (C=O) groups is 1. The van der Waals surface area contributed by atoms with Gasteiger partial charge in [0.05, 0.1) is 19.2 Å². The highest BCUT2D eigenvalue weighted by molar-refractivity contribution is 5.73. The third-order valence-corrected chi connectivity index (χ3v) is 5.78. The maximum Gasteiger partial charge on any atom is 0.416 e. The van der Waals surface area contributed by atoms with Gasteiger partial charge in [-0.2, -0.15) is 13.2 Å². The summed E-state index contributed by atoms with van der Waals surface area (Å²) in [4.78, 5) is 18.2. The fraction of sp³-hybridized carbons (Fsp3) is 0.458. The van der Waals surface area contributed by atoms with Gasteiger partial charge in [0.15, 0.2) is 0 Å². The van der Waals surface area contributed by atoms with E-state index >= 15 is 0 Å². The smallest absolute Gasteiger partial charge is 0.416 e. The molecule has 0 radical (unpaired) electrons. The molecule has 2 amide bonds. The van der Waals surface area contributed by atoms with Gasteiger partial charge in [0, 0.05) is 51.0 Å². The largest absolute Gasteiger partial charge is 0.496 e. The number of hydrogen-bond acceptors (Lipinski definition) is 4. The van der Waals surface area contributed by atoms with E-state index in [1.54, 1.807) is 25.1 Å². The molecule has 6 nitrogen and oxygen atoms in total. The monoisotopic (exact) mass is 464 g/mol. The van der Waals surface area contributed by atoms with E-state index in [9.17, 15) is 18.0 Å². The van der Waals surface area contributed by atoms with E-state index in [4.69, 9.17) is 4.74 Å². The molecule has 2 aromatic rings. The number of para-hydroxylation sites is 1. The van der Waals surface area contributed by atoms with Crippen LogP contribution in [0.25, 0.3) is 0 Å². The number of nitrogens with one attached hydrogen (secondary N) is 1. The molecule has 1 saturated heterocycles. The molecule has 3 rings (SSSR count). The molecule has 1 fully saturated rings. The highest BCUT2D eigenvalue weighted by Crippen LogP contribution is 2.31. The molecule has 0 spiro atoms. The fourth-order valence-corrected chi connectivity index (χ4v) is 3.90. The Bertz CT molecular complexity index is 915. The first-order valence-electron chi connectivity index (χ1n) is 11.0. The lowest BCUT2D eigenvalue weighted by Crippen LogP contribution is -2.47. The molecular weight excluding hydrogens is 433 g/mol. The average molecular weight is 465 g/mol. The second kappa shape index (κ2) is 11.3. The van der Waals surface area contributed by atoms with Crippen LogP contribution < -0.4 is 15.0 Å². The van der Waals surface area contributed by atoms with Gasteiger partial charge in [-0.3, -0.25) is 4.90 Å². The molecule has 1 N–H and O–H groups in total. The van der Waals surface area contributed by atoms with E-state index in [2.05, 4.69) is 10.2 Å². The van der Waals surface area contributed by atoms with E-state index in [1.165, 1.54) is 12.1 Å². The Labute approximate surface area is 192 Å². The summed E-state index contributed by atoms with van der Waals surface area (Å²) in [5, 5.41) is 2.94. The normalized spacial score (nSPS) is 14.8. The molecule has 1 aliphatic heterocycles. The quantitative estimate of drug-likeness (QED) is 0.599. The molecule has 1 heterocycles. The summed E-state index contributed by atoms with van der Waals surface area (Å²) in [5.74, 6) is 0.751. The summed E-state index contributed by atoms with van der Waals surface area (Å²) >= 11 is 0. The predicted molar refractivity (Wildman–Crippen MR) is 123 cm³/mol. The van der Waals surface area contributed by atoms with E-state index < -0.39 is 11.7 Å². The van der Waals surface area contributed by atoms with Crippen LogP contribution in [-0.2, 0) is 12.7 Å². The van der Waals surface area contributed by atoms with Gasteiger partial charge in [-0.05, 0) is 37.2 Å². The Kier molecular flexibility index (Phi) is 8.43. The summed E-state index contributed by atoms with van der Waals surface area (Å²) in [6, 6.07) is 13.0. The van der Waals surface area contributed by atoms with Crippen molar-refractivity contribution in [3.8, 4) is 5.75 Å². The van der Waals surface area contributed by atoms with Gasteiger partial charge in [-0.1, -0.05) is 24.3 Å². The number of benzene rings is 2. The van der Waals surface area contributed by atoms with Gasteiger partial charge in [0.1, 0.15) is 5.75 Å². The van der Waals surface area contributed by atoms with Gasteiger partial charge in [0.2, 0.25) is 0 Å². The second-order valence-electron chi connectivity index (χ2n) is 8.13. The molecule has 33 heavy (non-hydrogen) atoms. The van der Waals surface area contributed by atoms with Crippen LogP contribution in [0.15, 0.2) is 48.5 Å². The second-order valence-corrected chi connectivity index (χ2v) is 8.13. The number of amides is 2. The zero-order valence-electron chi connectivity index (χ0n) is 19.1. The molecule has 0 aromatic heterocycles. The molecule has 0 unspecified atom stereocenters. The van der Waals surface area contributed by atoms with Crippen LogP contribution in [0.1, 0.15) is 17.5 Å². The van der Waals surface area contributed by atoms with Gasteiger partial charge in [0.25, 0.3) is 0 Å². The Morgan fingerprint density at radius 1 is 1.09 bits per heavy atom. The number of carbonyl (C=O) groups excluding carboxylic acids is 1. The maximum atomic E-state index is 13.0. The van der Waals surface area contributed by atoms with Gasteiger partial charge >= 0.3 is 12.2 Å². The number of halogens is 3. The lowest BCUT2D eigenvalue weighted by atomic mass is 10.1. The number of anilines is 1. The van der Waals surface area contributed by atoms with Crippen molar-refractivity contribution in [2.24, 2.45) is 0 Å². The van der Waals surface area contributed by atoms with Crippen molar-refractivity contribution < 1.29 is 22.7 Å². The number of alkyl halides is 3. The van der Waals surface area contributed by atoms with Crippen molar-refractivity contribution in [2.75, 3.05) is 58.3 Å². The Balaban J connectivity index is 1.36. The summed E-state index contributed by atoms with van der Waals surface area (Å²) in [6.45, 7) is 4.74. The van der Waals surface area contributed by atoms with Crippen molar-refractivity contribution in [1.82, 2.24) is 15.1 Å². The molecule has 0 atom stereocenters. The number of ether oxygens (including phenoxy) is 1. The summed E-state index contributed by atoms with van der Waals surface area (Å²) < 4.78 is 44.2. The predicted octanol–water partition coefficient (Wildman–Crippen LogP) is 4.07. The van der Waals surface area contributed by atoms with Crippen molar-refractivity contribution in [3.05, 3.63) is 59.7 Å². The van der Waals surface area contributed by atoms with E-state index in [0.717, 1.165) is 43.4 Å². The number of rotatable bonds is 8. The van der Waals surface area contributed by atoms with Crippen LogP contribution in [0.4, 0.5) is 23.7 Å². The minimum atomic E-state index is -4.33. The van der Waals surface area contributed by atoms with Crippen LogP contribution in [0, 0.1) is 0 Å². The zero-order valence-corrected chi connectivity index (χ0v) is 19.1. The van der Waals surface area contributed by atoms with Crippen LogP contribution in [0.2, 0.25) is 0 Å². The van der Waals surface area contributed by atoms with E-state index in [-0.39, 0.29) is 6.03 Å². The molecule has 2 aromatic carbocycles. The standard InChI is InChI=1S/C24H31F3N4O2/c1-29(18-19-7-3-4-10-22(19)33-2)23(32)28-11-6-12-30-13-15-31(16-14-30)21-9-5-8-20(17-21)24(25,26)27/h3-5,7-10,17H,6,11-16,18H2,1-2H3,(H,28,32). The third kappa shape index (κ3) is 7.02. The topological polar surface area (TPSA) is 48.1 Å². The maximum absolute atomic E-state index is 13.0. The van der Waals surface area contributed by atoms with Gasteiger partial charge in [-0.25, -0.2) is 4.79 Å². The number of methoxy groups -OCH3 is 1. The summed E-state index contributed by atoms with van der Waals surface area (Å²) in [5.41, 5.74) is 0.931. The molecule has 1 aliphatic rings. The van der Waals surface area contributed by atoms with E-state index in [0.29, 0.717) is 31.9 Å². The zero-order chi connectivity index (χ0) is 23.8. The number of piperazine rings is 1. The number of nitrogens with zero attached hydrogens (tertiary/aromatic N) is 3. The first kappa shape index (κ1) is 24.7. The number of hydrogen-bond donors (Lipinski definition) is 1. The SMILES string of the molecule is COc1ccccc1CN(C)C(=O)NCCCN1CCN(c2cccc(C(F)(F)F)c2)CC1. The van der Waals surface area contributed by atoms with Crippen molar-refractivity contribution >= 4 is 11.7 Å². The molecule has 180 valence electrons. The Morgan fingerprint density at radius 2 is 1.82 bits per heavy atom. The first-order valence-corrected chi connectivity index (χ1v) is 11.0. The van der Waals surface area contributed by atoms with Crippen LogP contribution in [0.3, 0.4) is 0 Å². The van der Waals surface area contributed by atoms with Gasteiger partial charge in [-0.15, -0.1) is 0 Å². The molecular formula is C24H31F3N4O2. The van der Waals surface area contributed by atoms with Crippen molar-refractivity contribution in [3.63, 3.8) is 0 Å². The molecule has 0 saturated carbocycles. The summed E-state index contributed by atoms with van der Waals surface area (Å²) in [6.07, 6.45) is -3.53. The lowest BCUT2D eigenvalue weighted by molar-refractivity contribution is -0.137. The average Bonchev–Trinajstić information content (AvgIpc) is 2.82. The highest BCUT2D eigenvalue weighted by atomic mass is 19.4. The molecule has 0 aliphatic carbocycles. The van der Waals surface area contributed by atoms with Crippen molar-refractivity contribution in [2.45, 2.75) is 19.1 Å². The number of urea groups is 1. The first-order chi connectivity index (χ1) is 15.8. The van der Waals surface area contributed by atoms with E-state index in [1.807, 2.05) is 29.2 Å². The Morgan fingerprint density at radius 3 is 2.52 bits per heavy atom. The summed E-state index contributed by atoms with van der Waals surface area (Å²) in [7, 11) is 3.35. The Hall–Kier alpha value is -2.94. The minimum absolute atomic E-state index is 0.143. The third-order valence-electron chi connectivity index (χ3n) is 5.78. The van der Waals surface area contributed by atoms with Crippen LogP contribution in [0.5, 0.6) is 5.75 Å². The van der Waals surface area contributed by atoms with Gasteiger partial charge < -0.3 is 19.9 Å². The fourth-order valence-electron chi connectivity index (χ4n) is 3.90.